The third-order valence-corrected chi connectivity index (χ3v) is 3.12. The fraction of sp³-hybridized carbons (Fsp3) is 0.188. The number of ether oxygens (including phenoxy) is 1. The highest BCUT2D eigenvalue weighted by Gasteiger charge is 2.13. The maximum atomic E-state index is 10.8. The minimum atomic E-state index is -0.993. The lowest BCUT2D eigenvalue weighted by Crippen LogP contribution is -2.32. The standard InChI is InChI=1S/C16H17NO3/c1-20-15-8-3-2-7-13(15)12-6-4-5-11(9-12)10-14(17)16(18)19/h2-9,14H,10,17H2,1H3,(H,18,19)/t14-/m0/s1. The Hall–Kier alpha value is -2.33. The monoisotopic (exact) mass is 271 g/mol. The summed E-state index contributed by atoms with van der Waals surface area (Å²) in [6, 6.07) is 14.5. The summed E-state index contributed by atoms with van der Waals surface area (Å²) < 4.78 is 5.34. The van der Waals surface area contributed by atoms with E-state index in [1.165, 1.54) is 0 Å². The van der Waals surface area contributed by atoms with Crippen LogP contribution in [-0.2, 0) is 11.2 Å². The van der Waals surface area contributed by atoms with Gasteiger partial charge in [-0.2, -0.15) is 0 Å². The van der Waals surface area contributed by atoms with Crippen molar-refractivity contribution in [1.29, 1.82) is 0 Å². The van der Waals surface area contributed by atoms with Crippen molar-refractivity contribution in [1.82, 2.24) is 0 Å². The van der Waals surface area contributed by atoms with Crippen LogP contribution < -0.4 is 10.5 Å². The highest BCUT2D eigenvalue weighted by molar-refractivity contribution is 5.74. The first kappa shape index (κ1) is 14.1. The van der Waals surface area contributed by atoms with Crippen molar-refractivity contribution >= 4 is 5.97 Å². The Kier molecular flexibility index (Phi) is 4.38. The number of nitrogens with two attached hydrogens (primary N) is 1. The lowest BCUT2D eigenvalue weighted by atomic mass is 9.99. The molecule has 0 radical (unpaired) electrons. The molecule has 0 aliphatic carbocycles. The van der Waals surface area contributed by atoms with Crippen molar-refractivity contribution in [3.63, 3.8) is 0 Å². The van der Waals surface area contributed by atoms with Crippen molar-refractivity contribution in [2.45, 2.75) is 12.5 Å². The van der Waals surface area contributed by atoms with Crippen molar-refractivity contribution in [3.8, 4) is 16.9 Å². The van der Waals surface area contributed by atoms with Crippen molar-refractivity contribution in [2.24, 2.45) is 5.73 Å². The molecule has 20 heavy (non-hydrogen) atoms. The molecule has 0 unspecified atom stereocenters. The van der Waals surface area contributed by atoms with Crippen molar-refractivity contribution in [2.75, 3.05) is 7.11 Å². The van der Waals surface area contributed by atoms with Gasteiger partial charge in [0.2, 0.25) is 0 Å². The first-order chi connectivity index (χ1) is 9.61. The van der Waals surface area contributed by atoms with E-state index in [1.54, 1.807) is 7.11 Å². The number of methoxy groups -OCH3 is 1. The predicted octanol–water partition coefficient (Wildman–Crippen LogP) is 2.32. The van der Waals surface area contributed by atoms with E-state index < -0.39 is 12.0 Å². The van der Waals surface area contributed by atoms with E-state index in [1.807, 2.05) is 48.5 Å². The van der Waals surface area contributed by atoms with Crippen LogP contribution in [0.15, 0.2) is 48.5 Å². The summed E-state index contributed by atoms with van der Waals surface area (Å²) in [6.45, 7) is 0. The quantitative estimate of drug-likeness (QED) is 0.875. The fourth-order valence-corrected chi connectivity index (χ4v) is 2.09. The molecule has 0 spiro atoms. The molecule has 1 atom stereocenters. The molecule has 0 bridgehead atoms. The number of carboxylic acid groups (broad SMARTS) is 1. The van der Waals surface area contributed by atoms with Crippen LogP contribution in [0.2, 0.25) is 0 Å². The number of rotatable bonds is 5. The van der Waals surface area contributed by atoms with Crippen molar-refractivity contribution < 1.29 is 14.6 Å². The molecule has 2 rings (SSSR count). The number of para-hydroxylation sites is 1. The number of benzene rings is 2. The summed E-state index contributed by atoms with van der Waals surface area (Å²) >= 11 is 0. The fourth-order valence-electron chi connectivity index (χ4n) is 2.09. The minimum Gasteiger partial charge on any atom is -0.496 e. The smallest absolute Gasteiger partial charge is 0.320 e. The van der Waals surface area contributed by atoms with Gasteiger partial charge in [-0.25, -0.2) is 0 Å². The van der Waals surface area contributed by atoms with Gasteiger partial charge in [-0.15, -0.1) is 0 Å². The highest BCUT2D eigenvalue weighted by atomic mass is 16.5. The normalized spacial score (nSPS) is 11.9. The van der Waals surface area contributed by atoms with Crippen molar-refractivity contribution in [3.05, 3.63) is 54.1 Å². The molecule has 104 valence electrons. The van der Waals surface area contributed by atoms with E-state index in [2.05, 4.69) is 0 Å². The van der Waals surface area contributed by atoms with E-state index in [0.717, 1.165) is 22.4 Å². The SMILES string of the molecule is COc1ccccc1-c1cccc(C[C@H](N)C(=O)O)c1. The van der Waals surface area contributed by atoms with Crippen LogP contribution in [0.25, 0.3) is 11.1 Å². The van der Waals surface area contributed by atoms with Gasteiger partial charge < -0.3 is 15.6 Å². The molecule has 4 nitrogen and oxygen atoms in total. The van der Waals surface area contributed by atoms with Crippen LogP contribution in [-0.4, -0.2) is 24.2 Å². The predicted molar refractivity (Wildman–Crippen MR) is 77.7 cm³/mol. The Balaban J connectivity index is 2.32. The lowest BCUT2D eigenvalue weighted by molar-refractivity contribution is -0.138. The molecule has 2 aromatic rings. The van der Waals surface area contributed by atoms with E-state index in [4.69, 9.17) is 15.6 Å². The second-order valence-electron chi connectivity index (χ2n) is 4.55. The number of carboxylic acids is 1. The summed E-state index contributed by atoms with van der Waals surface area (Å²) in [5, 5.41) is 8.87. The maximum absolute atomic E-state index is 10.8. The second kappa shape index (κ2) is 6.21. The summed E-state index contributed by atoms with van der Waals surface area (Å²) in [5.41, 5.74) is 8.42. The Morgan fingerprint density at radius 2 is 2.00 bits per heavy atom. The second-order valence-corrected chi connectivity index (χ2v) is 4.55. The van der Waals surface area contributed by atoms with E-state index >= 15 is 0 Å². The first-order valence-electron chi connectivity index (χ1n) is 6.32. The highest BCUT2D eigenvalue weighted by Crippen LogP contribution is 2.30. The molecule has 0 aliphatic rings. The average Bonchev–Trinajstić information content (AvgIpc) is 2.47. The van der Waals surface area contributed by atoms with Crippen LogP contribution in [0.5, 0.6) is 5.75 Å². The van der Waals surface area contributed by atoms with Gasteiger partial charge in [-0.3, -0.25) is 4.79 Å². The molecule has 2 aromatic carbocycles. The third kappa shape index (κ3) is 3.16. The van der Waals surface area contributed by atoms with Gasteiger partial charge in [0, 0.05) is 5.56 Å². The molecular formula is C16H17NO3. The van der Waals surface area contributed by atoms with E-state index in [0.29, 0.717) is 6.42 Å². The molecule has 0 aliphatic heterocycles. The molecule has 0 saturated carbocycles. The van der Waals surface area contributed by atoms with E-state index in [-0.39, 0.29) is 0 Å². The largest absolute Gasteiger partial charge is 0.496 e. The van der Waals surface area contributed by atoms with Crippen LogP contribution in [0.4, 0.5) is 0 Å². The van der Waals surface area contributed by atoms with E-state index in [9.17, 15) is 4.79 Å². The minimum absolute atomic E-state index is 0.304. The van der Waals surface area contributed by atoms with Gasteiger partial charge in [-0.05, 0) is 23.6 Å². The van der Waals surface area contributed by atoms with Gasteiger partial charge in [0.05, 0.1) is 7.11 Å². The van der Waals surface area contributed by atoms with Crippen LogP contribution in [0.3, 0.4) is 0 Å². The van der Waals surface area contributed by atoms with Gasteiger partial charge in [0.25, 0.3) is 0 Å². The van der Waals surface area contributed by atoms with Gasteiger partial charge >= 0.3 is 5.97 Å². The first-order valence-corrected chi connectivity index (χ1v) is 6.32. The topological polar surface area (TPSA) is 72.5 Å². The third-order valence-electron chi connectivity index (χ3n) is 3.12. The Bertz CT molecular complexity index is 610. The summed E-state index contributed by atoms with van der Waals surface area (Å²) in [5.74, 6) is -0.208. The number of hydrogen-bond donors (Lipinski definition) is 2. The zero-order valence-electron chi connectivity index (χ0n) is 11.2. The summed E-state index contributed by atoms with van der Waals surface area (Å²) in [6.07, 6.45) is 0.304. The van der Waals surface area contributed by atoms with Gasteiger partial charge in [0.15, 0.2) is 0 Å². The summed E-state index contributed by atoms with van der Waals surface area (Å²) in [7, 11) is 1.63. The Labute approximate surface area is 117 Å². The average molecular weight is 271 g/mol. The van der Waals surface area contributed by atoms with Gasteiger partial charge in [0.1, 0.15) is 11.8 Å². The van der Waals surface area contributed by atoms with Crippen LogP contribution >= 0.6 is 0 Å². The molecule has 4 heteroatoms. The molecule has 0 aromatic heterocycles. The molecule has 3 N–H and O–H groups in total. The lowest BCUT2D eigenvalue weighted by Gasteiger charge is -2.11. The van der Waals surface area contributed by atoms with Gasteiger partial charge in [-0.1, -0.05) is 42.5 Å². The summed E-state index contributed by atoms with van der Waals surface area (Å²) in [4.78, 5) is 10.8. The zero-order valence-corrected chi connectivity index (χ0v) is 11.2. The van der Waals surface area contributed by atoms with Crippen LogP contribution in [0, 0.1) is 0 Å². The Morgan fingerprint density at radius 3 is 2.70 bits per heavy atom. The number of carbonyl (C=O) groups is 1. The Morgan fingerprint density at radius 1 is 1.25 bits per heavy atom. The zero-order chi connectivity index (χ0) is 14.5. The molecule has 0 saturated heterocycles. The molecular weight excluding hydrogens is 254 g/mol. The van der Waals surface area contributed by atoms with Crippen LogP contribution in [0.1, 0.15) is 5.56 Å². The maximum Gasteiger partial charge on any atom is 0.320 e. The molecule has 0 heterocycles. The molecule has 0 amide bonds. The number of aliphatic carboxylic acids is 1. The number of hydrogen-bond acceptors (Lipinski definition) is 3. The molecule has 0 fully saturated rings.